The maximum Gasteiger partial charge on any atom is 0.239 e. The van der Waals surface area contributed by atoms with Crippen LogP contribution in [0, 0.1) is 0 Å². The van der Waals surface area contributed by atoms with Gasteiger partial charge in [0.25, 0.3) is 0 Å². The van der Waals surface area contributed by atoms with Crippen molar-refractivity contribution in [2.24, 2.45) is 0 Å². The zero-order valence-electron chi connectivity index (χ0n) is 20.4. The molecule has 0 aliphatic heterocycles. The van der Waals surface area contributed by atoms with Crippen LogP contribution in [0.2, 0.25) is 0 Å². The first-order valence-electron chi connectivity index (χ1n) is 10.2. The van der Waals surface area contributed by atoms with Crippen molar-refractivity contribution in [2.75, 3.05) is 48.4 Å². The smallest absolute Gasteiger partial charge is 0.239 e. The molecule has 10 nitrogen and oxygen atoms in total. The van der Waals surface area contributed by atoms with Crippen LogP contribution in [0.4, 0.5) is 0 Å². The van der Waals surface area contributed by atoms with Crippen LogP contribution in [-0.2, 0) is 14.8 Å². The SMILES string of the molecule is COc1cc(OC)c(C=CC(=O)CS(=O)(=O)N/C=C\c2c(OC)cc(OC)cc2OC)c(OC)c1. The number of sulfonamides is 1. The van der Waals surface area contributed by atoms with Gasteiger partial charge in [-0.2, -0.15) is 0 Å². The molecule has 0 saturated heterocycles. The Kier molecular flexibility index (Phi) is 9.83. The highest BCUT2D eigenvalue weighted by molar-refractivity contribution is 7.90. The molecular weight excluding hydrogens is 478 g/mol. The molecule has 0 amide bonds. The number of ketones is 1. The van der Waals surface area contributed by atoms with Crippen LogP contribution < -0.4 is 33.1 Å². The van der Waals surface area contributed by atoms with Gasteiger partial charge in [0, 0.05) is 30.5 Å². The van der Waals surface area contributed by atoms with E-state index in [0.717, 1.165) is 6.08 Å². The summed E-state index contributed by atoms with van der Waals surface area (Å²) < 4.78 is 58.8. The largest absolute Gasteiger partial charge is 0.496 e. The number of methoxy groups -OCH3 is 6. The zero-order chi connectivity index (χ0) is 26.0. The minimum absolute atomic E-state index is 0.400. The Morgan fingerprint density at radius 2 is 1.11 bits per heavy atom. The van der Waals surface area contributed by atoms with Crippen molar-refractivity contribution in [1.82, 2.24) is 4.72 Å². The molecule has 0 aromatic heterocycles. The zero-order valence-corrected chi connectivity index (χ0v) is 21.2. The van der Waals surface area contributed by atoms with Gasteiger partial charge in [0.1, 0.15) is 40.2 Å². The Hall–Kier alpha value is -3.86. The molecule has 0 heterocycles. The highest BCUT2D eigenvalue weighted by Gasteiger charge is 2.16. The number of hydrogen-bond donors (Lipinski definition) is 1. The van der Waals surface area contributed by atoms with E-state index in [1.807, 2.05) is 0 Å². The Balaban J connectivity index is 2.16. The van der Waals surface area contributed by atoms with Crippen molar-refractivity contribution in [3.05, 3.63) is 47.7 Å². The average Bonchev–Trinajstić information content (AvgIpc) is 2.86. The fraction of sp³-hybridized carbons (Fsp3) is 0.292. The summed E-state index contributed by atoms with van der Waals surface area (Å²) in [5, 5.41) is 0. The summed E-state index contributed by atoms with van der Waals surface area (Å²) in [6.45, 7) is 0. The summed E-state index contributed by atoms with van der Waals surface area (Å²) in [4.78, 5) is 12.4. The molecule has 0 saturated carbocycles. The van der Waals surface area contributed by atoms with Crippen LogP contribution in [0.1, 0.15) is 11.1 Å². The molecule has 0 fully saturated rings. The first-order valence-corrected chi connectivity index (χ1v) is 11.8. The van der Waals surface area contributed by atoms with Gasteiger partial charge in [-0.05, 0) is 18.2 Å². The quantitative estimate of drug-likeness (QED) is 0.408. The molecule has 0 radical (unpaired) electrons. The number of nitrogens with one attached hydrogen (secondary N) is 1. The van der Waals surface area contributed by atoms with Gasteiger partial charge in [-0.3, -0.25) is 9.52 Å². The number of allylic oxidation sites excluding steroid dienone is 1. The van der Waals surface area contributed by atoms with Crippen LogP contribution >= 0.6 is 0 Å². The van der Waals surface area contributed by atoms with E-state index in [1.165, 1.54) is 61.0 Å². The number of hydrogen-bond acceptors (Lipinski definition) is 9. The Bertz CT molecular complexity index is 1150. The molecule has 1 N–H and O–H groups in total. The third-order valence-corrected chi connectivity index (χ3v) is 5.93. The second-order valence-electron chi connectivity index (χ2n) is 6.90. The molecule has 0 aliphatic carbocycles. The molecule has 11 heteroatoms. The van der Waals surface area contributed by atoms with Crippen LogP contribution in [0.25, 0.3) is 12.2 Å². The average molecular weight is 508 g/mol. The summed E-state index contributed by atoms with van der Waals surface area (Å²) in [7, 11) is 4.88. The monoisotopic (exact) mass is 507 g/mol. The molecule has 0 spiro atoms. The number of ether oxygens (including phenoxy) is 6. The Labute approximate surface area is 205 Å². The van der Waals surface area contributed by atoms with E-state index >= 15 is 0 Å². The van der Waals surface area contributed by atoms with Gasteiger partial charge >= 0.3 is 0 Å². The van der Waals surface area contributed by atoms with Gasteiger partial charge in [-0.1, -0.05) is 0 Å². The van der Waals surface area contributed by atoms with Crippen LogP contribution in [0.15, 0.2) is 36.5 Å². The first kappa shape index (κ1) is 27.4. The van der Waals surface area contributed by atoms with Crippen molar-refractivity contribution < 1.29 is 41.6 Å². The van der Waals surface area contributed by atoms with Crippen molar-refractivity contribution in [3.8, 4) is 34.5 Å². The third kappa shape index (κ3) is 7.31. The van der Waals surface area contributed by atoms with E-state index in [1.54, 1.807) is 24.3 Å². The molecular formula is C24H29NO9S. The van der Waals surface area contributed by atoms with Crippen LogP contribution in [0.3, 0.4) is 0 Å². The number of carbonyl (C=O) groups excluding carboxylic acids is 1. The molecule has 0 aliphatic rings. The van der Waals surface area contributed by atoms with E-state index in [0.29, 0.717) is 45.6 Å². The molecule has 0 unspecified atom stereocenters. The lowest BCUT2D eigenvalue weighted by Crippen LogP contribution is -2.25. The minimum Gasteiger partial charge on any atom is -0.496 e. The standard InChI is InChI=1S/C24H29NO9S/c1-29-17-11-21(31-3)19(22(12-17)32-4)8-7-16(26)15-35(27,28)25-10-9-20-23(33-5)13-18(30-2)14-24(20)34-6/h7-14,25H,15H2,1-6H3/b8-7?,10-9-. The second-order valence-corrected chi connectivity index (χ2v) is 8.65. The molecule has 2 aromatic carbocycles. The van der Waals surface area contributed by atoms with Crippen LogP contribution in [-0.4, -0.2) is 62.6 Å². The maximum absolute atomic E-state index is 12.4. The highest BCUT2D eigenvalue weighted by Crippen LogP contribution is 2.36. The highest BCUT2D eigenvalue weighted by atomic mass is 32.2. The van der Waals surface area contributed by atoms with Gasteiger partial charge in [0.05, 0.1) is 53.8 Å². The molecule has 190 valence electrons. The van der Waals surface area contributed by atoms with Crippen LogP contribution in [0.5, 0.6) is 34.5 Å². The Morgan fingerprint density at radius 3 is 1.49 bits per heavy atom. The van der Waals surface area contributed by atoms with Gasteiger partial charge < -0.3 is 28.4 Å². The van der Waals surface area contributed by atoms with E-state index in [2.05, 4.69) is 4.72 Å². The predicted molar refractivity (Wildman–Crippen MR) is 132 cm³/mol. The fourth-order valence-corrected chi connectivity index (χ4v) is 3.90. The minimum atomic E-state index is -3.98. The van der Waals surface area contributed by atoms with E-state index in [9.17, 15) is 13.2 Å². The summed E-state index contributed by atoms with van der Waals surface area (Å²) in [6.07, 6.45) is 5.22. The number of carbonyl (C=O) groups is 1. The predicted octanol–water partition coefficient (Wildman–Crippen LogP) is 2.91. The lowest BCUT2D eigenvalue weighted by Gasteiger charge is -2.12. The lowest BCUT2D eigenvalue weighted by molar-refractivity contribution is -0.112. The number of rotatable bonds is 13. The second kappa shape index (κ2) is 12.6. The summed E-state index contributed by atoms with van der Waals surface area (Å²) in [5.41, 5.74) is 0.955. The van der Waals surface area contributed by atoms with Crippen molar-refractivity contribution >= 4 is 28.0 Å². The summed E-state index contributed by atoms with van der Waals surface area (Å²) >= 11 is 0. The topological polar surface area (TPSA) is 119 Å². The van der Waals surface area contributed by atoms with Gasteiger partial charge in [0.2, 0.25) is 10.0 Å². The van der Waals surface area contributed by atoms with Crippen molar-refractivity contribution in [1.29, 1.82) is 0 Å². The van der Waals surface area contributed by atoms with Gasteiger partial charge in [-0.15, -0.1) is 0 Å². The Morgan fingerprint density at radius 1 is 0.714 bits per heavy atom. The van der Waals surface area contributed by atoms with Gasteiger partial charge in [-0.25, -0.2) is 8.42 Å². The third-order valence-electron chi connectivity index (χ3n) is 4.77. The van der Waals surface area contributed by atoms with Gasteiger partial charge in [0.15, 0.2) is 5.78 Å². The maximum atomic E-state index is 12.4. The van der Waals surface area contributed by atoms with Crippen molar-refractivity contribution in [3.63, 3.8) is 0 Å². The molecule has 2 rings (SSSR count). The summed E-state index contributed by atoms with van der Waals surface area (Å²) in [5.74, 6) is 1.23. The van der Waals surface area contributed by atoms with E-state index in [4.69, 9.17) is 28.4 Å². The molecule has 35 heavy (non-hydrogen) atoms. The van der Waals surface area contributed by atoms with E-state index in [-0.39, 0.29) is 0 Å². The molecule has 2 aromatic rings. The fourth-order valence-electron chi connectivity index (χ4n) is 3.07. The van der Waals surface area contributed by atoms with Crippen molar-refractivity contribution in [2.45, 2.75) is 0 Å². The summed E-state index contributed by atoms with van der Waals surface area (Å²) in [6, 6.07) is 6.51. The molecule has 0 bridgehead atoms. The molecule has 0 atom stereocenters. The number of benzene rings is 2. The van der Waals surface area contributed by atoms with E-state index < -0.39 is 21.6 Å². The normalized spacial score (nSPS) is 11.4. The lowest BCUT2D eigenvalue weighted by atomic mass is 10.1. The first-order chi connectivity index (χ1) is 16.7.